The Morgan fingerprint density at radius 1 is 1.17 bits per heavy atom. The molecule has 0 saturated heterocycles. The summed E-state index contributed by atoms with van der Waals surface area (Å²) in [7, 11) is 0. The summed E-state index contributed by atoms with van der Waals surface area (Å²) in [4.78, 5) is 23.9. The number of nitrogens with zero attached hydrogens (tertiary/aromatic N) is 2. The van der Waals surface area contributed by atoms with E-state index in [1.54, 1.807) is 0 Å². The second-order valence-corrected chi connectivity index (χ2v) is 6.70. The Hall–Kier alpha value is -1.85. The number of rotatable bonds is 8. The lowest BCUT2D eigenvalue weighted by Gasteiger charge is -2.11. The van der Waals surface area contributed by atoms with Crippen LogP contribution in [-0.4, -0.2) is 27.6 Å². The quantitative estimate of drug-likeness (QED) is 0.766. The predicted octanol–water partition coefficient (Wildman–Crippen LogP) is 2.37. The molecule has 2 amide bonds. The van der Waals surface area contributed by atoms with Gasteiger partial charge in [-0.1, -0.05) is 19.8 Å². The largest absolute Gasteiger partial charge is 0.353 e. The number of nitrogens with one attached hydrogen (secondary N) is 2. The Morgan fingerprint density at radius 3 is 2.50 bits per heavy atom. The monoisotopic (exact) mass is 334 g/mol. The first-order valence-corrected chi connectivity index (χ1v) is 9.10. The van der Waals surface area contributed by atoms with Crippen molar-refractivity contribution in [2.75, 3.05) is 0 Å². The molecule has 6 nitrogen and oxygen atoms in total. The van der Waals surface area contributed by atoms with Gasteiger partial charge in [0.1, 0.15) is 0 Å². The molecule has 6 heteroatoms. The molecule has 1 saturated carbocycles. The van der Waals surface area contributed by atoms with Crippen LogP contribution >= 0.6 is 0 Å². The second-order valence-electron chi connectivity index (χ2n) is 6.70. The van der Waals surface area contributed by atoms with Crippen molar-refractivity contribution < 1.29 is 9.59 Å². The molecule has 24 heavy (non-hydrogen) atoms. The van der Waals surface area contributed by atoms with E-state index >= 15 is 0 Å². The predicted molar refractivity (Wildman–Crippen MR) is 93.5 cm³/mol. The van der Waals surface area contributed by atoms with E-state index in [-0.39, 0.29) is 24.7 Å². The molecule has 1 heterocycles. The maximum absolute atomic E-state index is 12.0. The normalized spacial score (nSPS) is 14.8. The molecule has 1 aliphatic carbocycles. The molecule has 134 valence electrons. The molecular formula is C18H30N4O2. The molecule has 1 aromatic rings. The maximum Gasteiger partial charge on any atom is 0.220 e. The van der Waals surface area contributed by atoms with Gasteiger partial charge in [-0.15, -0.1) is 0 Å². The summed E-state index contributed by atoms with van der Waals surface area (Å²) in [5.41, 5.74) is 3.14. The van der Waals surface area contributed by atoms with Crippen molar-refractivity contribution in [3.05, 3.63) is 17.0 Å². The van der Waals surface area contributed by atoms with Crippen molar-refractivity contribution in [2.24, 2.45) is 0 Å². The molecule has 0 spiro atoms. The van der Waals surface area contributed by atoms with Crippen LogP contribution in [0.4, 0.5) is 0 Å². The van der Waals surface area contributed by atoms with E-state index in [1.165, 1.54) is 12.8 Å². The van der Waals surface area contributed by atoms with Crippen LogP contribution in [0.25, 0.3) is 0 Å². The Labute approximate surface area is 144 Å². The number of aryl methyl sites for hydroxylation is 2. The van der Waals surface area contributed by atoms with Crippen LogP contribution in [0.2, 0.25) is 0 Å². The highest BCUT2D eigenvalue weighted by Crippen LogP contribution is 2.17. The number of amides is 2. The van der Waals surface area contributed by atoms with Gasteiger partial charge in [0, 0.05) is 43.2 Å². The van der Waals surface area contributed by atoms with Crippen LogP contribution in [0, 0.1) is 13.8 Å². The van der Waals surface area contributed by atoms with Crippen LogP contribution in [0.3, 0.4) is 0 Å². The van der Waals surface area contributed by atoms with Crippen LogP contribution in [-0.2, 0) is 22.7 Å². The van der Waals surface area contributed by atoms with E-state index in [0.29, 0.717) is 12.6 Å². The molecule has 0 radical (unpaired) electrons. The minimum Gasteiger partial charge on any atom is -0.353 e. The summed E-state index contributed by atoms with van der Waals surface area (Å²) in [6.07, 6.45) is 6.04. The molecule has 1 fully saturated rings. The van der Waals surface area contributed by atoms with Crippen molar-refractivity contribution in [3.8, 4) is 0 Å². The highest BCUT2D eigenvalue weighted by molar-refractivity contribution is 5.83. The fourth-order valence-corrected chi connectivity index (χ4v) is 3.29. The minimum atomic E-state index is -0.0846. The topological polar surface area (TPSA) is 76.0 Å². The van der Waals surface area contributed by atoms with Crippen molar-refractivity contribution in [1.82, 2.24) is 20.4 Å². The zero-order valence-corrected chi connectivity index (χ0v) is 15.2. The lowest BCUT2D eigenvalue weighted by Crippen LogP contribution is -2.33. The van der Waals surface area contributed by atoms with Crippen molar-refractivity contribution >= 4 is 11.8 Å². The molecule has 0 bridgehead atoms. The van der Waals surface area contributed by atoms with Crippen molar-refractivity contribution in [3.63, 3.8) is 0 Å². The molecule has 1 aliphatic rings. The Morgan fingerprint density at radius 2 is 1.83 bits per heavy atom. The summed E-state index contributed by atoms with van der Waals surface area (Å²) in [6.45, 7) is 7.49. The molecule has 0 atom stereocenters. The van der Waals surface area contributed by atoms with Gasteiger partial charge in [-0.3, -0.25) is 14.3 Å². The summed E-state index contributed by atoms with van der Waals surface area (Å²) < 4.78 is 1.99. The van der Waals surface area contributed by atoms with Crippen molar-refractivity contribution in [1.29, 1.82) is 0 Å². The third-order valence-electron chi connectivity index (χ3n) is 4.73. The second kappa shape index (κ2) is 8.85. The molecular weight excluding hydrogens is 304 g/mol. The third-order valence-corrected chi connectivity index (χ3v) is 4.73. The molecule has 0 aliphatic heterocycles. The van der Waals surface area contributed by atoms with Crippen LogP contribution in [0.15, 0.2) is 0 Å². The number of hydrogen-bond donors (Lipinski definition) is 2. The fourth-order valence-electron chi connectivity index (χ4n) is 3.29. The SMILES string of the molecule is CCCn1nc(C)c(CNC(=O)CCC(=O)NC2CCCC2)c1C. The van der Waals surface area contributed by atoms with Gasteiger partial charge in [0.15, 0.2) is 0 Å². The Balaban J connectivity index is 1.73. The zero-order valence-electron chi connectivity index (χ0n) is 15.2. The molecule has 2 N–H and O–H groups in total. The van der Waals surface area contributed by atoms with Gasteiger partial charge in [0.05, 0.1) is 5.69 Å². The van der Waals surface area contributed by atoms with Crippen LogP contribution < -0.4 is 10.6 Å². The van der Waals surface area contributed by atoms with Crippen LogP contribution in [0.1, 0.15) is 68.8 Å². The molecule has 0 unspecified atom stereocenters. The average Bonchev–Trinajstić information content (AvgIpc) is 3.13. The maximum atomic E-state index is 12.0. The first-order chi connectivity index (χ1) is 11.5. The number of carbonyl (C=O) groups excluding carboxylic acids is 2. The number of hydrogen-bond acceptors (Lipinski definition) is 3. The molecule has 0 aromatic carbocycles. The van der Waals surface area contributed by atoms with Gasteiger partial charge in [0.25, 0.3) is 0 Å². The first-order valence-electron chi connectivity index (χ1n) is 9.10. The fraction of sp³-hybridized carbons (Fsp3) is 0.722. The lowest BCUT2D eigenvalue weighted by atomic mass is 10.2. The van der Waals surface area contributed by atoms with Gasteiger partial charge in [0.2, 0.25) is 11.8 Å². The van der Waals surface area contributed by atoms with Crippen molar-refractivity contribution in [2.45, 2.75) is 84.8 Å². The third kappa shape index (κ3) is 5.08. The Bertz CT molecular complexity index is 574. The summed E-state index contributed by atoms with van der Waals surface area (Å²) in [6, 6.07) is 0.315. The highest BCUT2D eigenvalue weighted by Gasteiger charge is 2.18. The first kappa shape index (κ1) is 18.5. The molecule has 2 rings (SSSR count). The smallest absolute Gasteiger partial charge is 0.220 e. The van der Waals surface area contributed by atoms with E-state index < -0.39 is 0 Å². The van der Waals surface area contributed by atoms with E-state index in [0.717, 1.165) is 42.8 Å². The molecule has 1 aromatic heterocycles. The van der Waals surface area contributed by atoms with Crippen LogP contribution in [0.5, 0.6) is 0 Å². The van der Waals surface area contributed by atoms with E-state index in [1.807, 2.05) is 18.5 Å². The highest BCUT2D eigenvalue weighted by atomic mass is 16.2. The Kier molecular flexibility index (Phi) is 6.82. The number of aromatic nitrogens is 2. The lowest BCUT2D eigenvalue weighted by molar-refractivity contribution is -0.126. The van der Waals surface area contributed by atoms with E-state index in [4.69, 9.17) is 0 Å². The zero-order chi connectivity index (χ0) is 17.5. The van der Waals surface area contributed by atoms with Gasteiger partial charge < -0.3 is 10.6 Å². The summed E-state index contributed by atoms with van der Waals surface area (Å²) in [5.74, 6) is -0.0983. The van der Waals surface area contributed by atoms with Gasteiger partial charge in [-0.25, -0.2) is 0 Å². The standard InChI is InChI=1S/C18H30N4O2/c1-4-11-22-14(3)16(13(2)21-22)12-19-17(23)9-10-18(24)20-15-7-5-6-8-15/h15H,4-12H2,1-3H3,(H,19,23)(H,20,24). The van der Waals surface area contributed by atoms with E-state index in [2.05, 4.69) is 22.7 Å². The van der Waals surface area contributed by atoms with E-state index in [9.17, 15) is 9.59 Å². The summed E-state index contributed by atoms with van der Waals surface area (Å²) in [5, 5.41) is 10.4. The van der Waals surface area contributed by atoms with Gasteiger partial charge in [-0.05, 0) is 33.1 Å². The number of carbonyl (C=O) groups is 2. The van der Waals surface area contributed by atoms with Gasteiger partial charge >= 0.3 is 0 Å². The minimum absolute atomic E-state index is 0.0137. The summed E-state index contributed by atoms with van der Waals surface area (Å²) >= 11 is 0. The average molecular weight is 334 g/mol. The van der Waals surface area contributed by atoms with Gasteiger partial charge in [-0.2, -0.15) is 5.10 Å².